The monoisotopic (exact) mass is 552 g/mol. The molecule has 8 nitrogen and oxygen atoms in total. The number of carbonyl (C=O) groups excluding carboxylic acids is 1. The Bertz CT molecular complexity index is 1130. The minimum absolute atomic E-state index is 0.00349. The zero-order chi connectivity index (χ0) is 28.5. The molecule has 0 aromatic heterocycles. The smallest absolute Gasteiger partial charge is 0.308 e. The van der Waals surface area contributed by atoms with Gasteiger partial charge in [-0.15, -0.1) is 0 Å². The van der Waals surface area contributed by atoms with Crippen molar-refractivity contribution in [2.45, 2.75) is 63.8 Å². The van der Waals surface area contributed by atoms with Crippen LogP contribution in [0, 0.1) is 5.92 Å². The number of fused-ring (bicyclic) bond motifs is 1. The third-order valence-electron chi connectivity index (χ3n) is 8.37. The fraction of sp³-hybridized carbons (Fsp3) is 0.562. The third kappa shape index (κ3) is 7.15. The number of hydrogen-bond acceptors (Lipinski definition) is 6. The van der Waals surface area contributed by atoms with Gasteiger partial charge in [0.2, 0.25) is 5.91 Å². The number of methoxy groups -OCH3 is 1. The van der Waals surface area contributed by atoms with Gasteiger partial charge in [0.1, 0.15) is 11.5 Å². The van der Waals surface area contributed by atoms with E-state index < -0.39 is 11.9 Å². The van der Waals surface area contributed by atoms with Gasteiger partial charge in [0.15, 0.2) is 0 Å². The van der Waals surface area contributed by atoms with Crippen molar-refractivity contribution in [3.05, 3.63) is 59.2 Å². The summed E-state index contributed by atoms with van der Waals surface area (Å²) < 4.78 is 11.2. The average molecular weight is 553 g/mol. The molecule has 218 valence electrons. The van der Waals surface area contributed by atoms with E-state index in [1.165, 1.54) is 0 Å². The second-order valence-electron chi connectivity index (χ2n) is 10.9. The van der Waals surface area contributed by atoms with Crippen LogP contribution in [0.15, 0.2) is 42.5 Å². The van der Waals surface area contributed by atoms with Crippen LogP contribution in [-0.2, 0) is 22.4 Å². The van der Waals surface area contributed by atoms with Crippen molar-refractivity contribution < 1.29 is 29.3 Å². The minimum Gasteiger partial charge on any atom is -0.496 e. The molecule has 0 bridgehead atoms. The van der Waals surface area contributed by atoms with Crippen LogP contribution in [0.1, 0.15) is 61.6 Å². The Hall–Kier alpha value is -3.10. The van der Waals surface area contributed by atoms with Crippen molar-refractivity contribution in [3.8, 4) is 11.5 Å². The van der Waals surface area contributed by atoms with Gasteiger partial charge in [-0.25, -0.2) is 0 Å². The Morgan fingerprint density at radius 2 is 1.93 bits per heavy atom. The number of benzene rings is 2. The normalized spacial score (nSPS) is 20.2. The summed E-state index contributed by atoms with van der Waals surface area (Å²) in [5.74, 6) is 0.0705. The van der Waals surface area contributed by atoms with Crippen LogP contribution in [0.2, 0.25) is 0 Å². The molecule has 8 heteroatoms. The number of aliphatic hydroxyl groups is 1. The molecule has 0 spiro atoms. The number of aliphatic carboxylic acids is 1. The summed E-state index contributed by atoms with van der Waals surface area (Å²) in [7, 11) is 1.66. The molecule has 2 N–H and O–H groups in total. The molecule has 2 aliphatic rings. The maximum Gasteiger partial charge on any atom is 0.308 e. The molecule has 2 aliphatic heterocycles. The van der Waals surface area contributed by atoms with E-state index >= 15 is 0 Å². The first kappa shape index (κ1) is 29.9. The van der Waals surface area contributed by atoms with E-state index in [-0.39, 0.29) is 31.0 Å². The highest BCUT2D eigenvalue weighted by molar-refractivity contribution is 5.79. The van der Waals surface area contributed by atoms with Gasteiger partial charge in [-0.05, 0) is 60.9 Å². The van der Waals surface area contributed by atoms with Crippen molar-refractivity contribution in [1.29, 1.82) is 0 Å². The Morgan fingerprint density at radius 1 is 1.12 bits per heavy atom. The lowest BCUT2D eigenvalue weighted by Gasteiger charge is -2.30. The minimum atomic E-state index is -0.817. The predicted octanol–water partition coefficient (Wildman–Crippen LogP) is 4.13. The number of amides is 1. The Labute approximate surface area is 237 Å². The predicted molar refractivity (Wildman–Crippen MR) is 154 cm³/mol. The van der Waals surface area contributed by atoms with E-state index in [1.807, 2.05) is 41.3 Å². The number of ether oxygens (including phenoxy) is 2. The first-order valence-corrected chi connectivity index (χ1v) is 14.7. The van der Waals surface area contributed by atoms with Gasteiger partial charge in [0, 0.05) is 44.6 Å². The fourth-order valence-corrected chi connectivity index (χ4v) is 6.28. The van der Waals surface area contributed by atoms with Gasteiger partial charge < -0.3 is 24.6 Å². The van der Waals surface area contributed by atoms with E-state index in [2.05, 4.69) is 17.9 Å². The number of likely N-dealkylation sites (tertiary alicyclic amines) is 1. The molecule has 3 atom stereocenters. The Balaban J connectivity index is 1.57. The first-order valence-electron chi connectivity index (χ1n) is 14.7. The average Bonchev–Trinajstić information content (AvgIpc) is 3.57. The van der Waals surface area contributed by atoms with E-state index in [4.69, 9.17) is 9.47 Å². The summed E-state index contributed by atoms with van der Waals surface area (Å²) in [5.41, 5.74) is 3.23. The summed E-state index contributed by atoms with van der Waals surface area (Å²) in [4.78, 5) is 30.3. The number of rotatable bonds is 15. The van der Waals surface area contributed by atoms with E-state index in [9.17, 15) is 19.8 Å². The fourth-order valence-electron chi connectivity index (χ4n) is 6.28. The summed E-state index contributed by atoms with van der Waals surface area (Å²) in [6.45, 7) is 4.65. The highest BCUT2D eigenvalue weighted by Gasteiger charge is 2.47. The quantitative estimate of drug-likeness (QED) is 0.343. The molecule has 1 amide bonds. The highest BCUT2D eigenvalue weighted by Crippen LogP contribution is 2.41. The molecule has 0 radical (unpaired) electrons. The summed E-state index contributed by atoms with van der Waals surface area (Å²) in [5, 5.41) is 19.9. The number of para-hydroxylation sites is 1. The number of nitrogens with zero attached hydrogens (tertiary/aromatic N) is 2. The lowest BCUT2D eigenvalue weighted by atomic mass is 9.83. The number of unbranched alkanes of at least 4 members (excludes halogenated alkanes) is 1. The summed E-state index contributed by atoms with van der Waals surface area (Å²) >= 11 is 0. The van der Waals surface area contributed by atoms with Crippen molar-refractivity contribution in [3.63, 3.8) is 0 Å². The van der Waals surface area contributed by atoms with Crippen LogP contribution in [0.3, 0.4) is 0 Å². The van der Waals surface area contributed by atoms with Gasteiger partial charge in [0.05, 0.1) is 26.2 Å². The molecule has 2 aromatic rings. The van der Waals surface area contributed by atoms with Gasteiger partial charge in [-0.3, -0.25) is 14.5 Å². The number of aliphatic hydroxyl groups excluding tert-OH is 1. The molecule has 1 fully saturated rings. The van der Waals surface area contributed by atoms with E-state index in [0.29, 0.717) is 39.1 Å². The second kappa shape index (κ2) is 14.5. The molecule has 40 heavy (non-hydrogen) atoms. The molecular weight excluding hydrogens is 508 g/mol. The lowest BCUT2D eigenvalue weighted by Crippen LogP contribution is -2.44. The molecule has 1 saturated heterocycles. The van der Waals surface area contributed by atoms with E-state index in [1.54, 1.807) is 7.11 Å². The summed E-state index contributed by atoms with van der Waals surface area (Å²) in [6.07, 6.45) is 5.46. The third-order valence-corrected chi connectivity index (χ3v) is 8.37. The van der Waals surface area contributed by atoms with Crippen LogP contribution >= 0.6 is 0 Å². The number of carboxylic acid groups (broad SMARTS) is 1. The topological polar surface area (TPSA) is 99.5 Å². The van der Waals surface area contributed by atoms with Crippen LogP contribution in [0.4, 0.5) is 0 Å². The van der Waals surface area contributed by atoms with Crippen LogP contribution in [-0.4, -0.2) is 84.4 Å². The molecular formula is C32H44N2O6. The maximum atomic E-state index is 13.5. The molecule has 2 aromatic carbocycles. The number of hydrogen-bond donors (Lipinski definition) is 2. The van der Waals surface area contributed by atoms with Crippen molar-refractivity contribution >= 4 is 11.9 Å². The van der Waals surface area contributed by atoms with Crippen molar-refractivity contribution in [2.75, 3.05) is 46.5 Å². The molecule has 0 saturated carbocycles. The van der Waals surface area contributed by atoms with Crippen LogP contribution in [0.5, 0.6) is 11.5 Å². The number of carboxylic acids is 1. The molecule has 0 aliphatic carbocycles. The Morgan fingerprint density at radius 3 is 2.67 bits per heavy atom. The highest BCUT2D eigenvalue weighted by atomic mass is 16.5. The zero-order valence-electron chi connectivity index (χ0n) is 23.9. The number of carbonyl (C=O) groups is 2. The van der Waals surface area contributed by atoms with Gasteiger partial charge in [-0.2, -0.15) is 0 Å². The standard InChI is InChI=1S/C32H44N2O6/c1-3-4-16-33(17-8-18-35)30(36)22-34-21-26(24-13-14-29-25(20-24)15-19-40-29)31(32(37)38)27(34)11-7-10-23-9-5-6-12-28(23)39-2/h5-6,9,12-14,20,26-27,31,35H,3-4,7-8,10-11,15-19,21-22H2,1-2H3,(H,37,38)/t26-,27+,31-/m1/s1. The molecule has 2 heterocycles. The molecule has 0 unspecified atom stereocenters. The lowest BCUT2D eigenvalue weighted by molar-refractivity contribution is -0.144. The number of aryl methyl sites for hydroxylation is 1. The van der Waals surface area contributed by atoms with Crippen molar-refractivity contribution in [1.82, 2.24) is 9.80 Å². The second-order valence-corrected chi connectivity index (χ2v) is 10.9. The van der Waals surface area contributed by atoms with Crippen LogP contribution < -0.4 is 9.47 Å². The van der Waals surface area contributed by atoms with Crippen molar-refractivity contribution in [2.24, 2.45) is 5.92 Å². The summed E-state index contributed by atoms with van der Waals surface area (Å²) in [6, 6.07) is 13.7. The molecule has 4 rings (SSSR count). The zero-order valence-corrected chi connectivity index (χ0v) is 23.9. The Kier molecular flexibility index (Phi) is 10.8. The van der Waals surface area contributed by atoms with Gasteiger partial charge >= 0.3 is 5.97 Å². The van der Waals surface area contributed by atoms with Gasteiger partial charge in [0.25, 0.3) is 0 Å². The largest absolute Gasteiger partial charge is 0.496 e. The van der Waals surface area contributed by atoms with Crippen LogP contribution in [0.25, 0.3) is 0 Å². The SMILES string of the molecule is CCCCN(CCCO)C(=O)CN1C[C@H](c2ccc3c(c2)CCO3)[C@@H](C(=O)O)[C@@H]1CCCc1ccccc1OC. The van der Waals surface area contributed by atoms with Gasteiger partial charge in [-0.1, -0.05) is 43.7 Å². The maximum absolute atomic E-state index is 13.5. The van der Waals surface area contributed by atoms with E-state index in [0.717, 1.165) is 60.3 Å². The first-order chi connectivity index (χ1) is 19.5.